The van der Waals surface area contributed by atoms with Gasteiger partial charge in [0.2, 0.25) is 0 Å². The first-order valence-corrected chi connectivity index (χ1v) is 6.73. The molecule has 112 valence electrons. The minimum atomic E-state index is -0.575. The quantitative estimate of drug-likeness (QED) is 0.764. The van der Waals surface area contributed by atoms with Crippen LogP contribution in [-0.2, 0) is 27.3 Å². The third-order valence-corrected chi connectivity index (χ3v) is 3.24. The molecule has 0 aliphatic carbocycles. The van der Waals surface area contributed by atoms with Crippen molar-refractivity contribution in [1.82, 2.24) is 15.0 Å². The molecule has 1 atom stereocenters. The van der Waals surface area contributed by atoms with Crippen molar-refractivity contribution in [3.8, 4) is 0 Å². The van der Waals surface area contributed by atoms with Gasteiger partial charge in [-0.15, -0.1) is 5.10 Å². The summed E-state index contributed by atoms with van der Waals surface area (Å²) in [6.07, 6.45) is 2.13. The number of benzene rings is 1. The molecule has 0 fully saturated rings. The van der Waals surface area contributed by atoms with Crippen LogP contribution in [0.5, 0.6) is 0 Å². The Morgan fingerprint density at radius 2 is 2.05 bits per heavy atom. The second kappa shape index (κ2) is 7.19. The smallest absolute Gasteiger partial charge is 0.331 e. The summed E-state index contributed by atoms with van der Waals surface area (Å²) in [6.45, 7) is 0.342. The van der Waals surface area contributed by atoms with E-state index in [4.69, 9.17) is 21.1 Å². The van der Waals surface area contributed by atoms with Crippen LogP contribution in [0.15, 0.2) is 30.5 Å². The van der Waals surface area contributed by atoms with Crippen molar-refractivity contribution in [1.29, 1.82) is 0 Å². The zero-order valence-corrected chi connectivity index (χ0v) is 12.6. The van der Waals surface area contributed by atoms with Gasteiger partial charge in [-0.25, -0.2) is 9.48 Å². The number of ether oxygens (including phenoxy) is 2. The first-order valence-electron chi connectivity index (χ1n) is 6.36. The van der Waals surface area contributed by atoms with Crippen molar-refractivity contribution < 1.29 is 14.3 Å². The van der Waals surface area contributed by atoms with E-state index in [9.17, 15) is 4.79 Å². The van der Waals surface area contributed by atoms with Crippen molar-refractivity contribution in [2.45, 2.75) is 19.1 Å². The minimum Gasteiger partial charge on any atom is -0.467 e. The summed E-state index contributed by atoms with van der Waals surface area (Å²) >= 11 is 5.86. The lowest BCUT2D eigenvalue weighted by Gasteiger charge is -2.14. The van der Waals surface area contributed by atoms with Crippen LogP contribution in [0.4, 0.5) is 0 Å². The average molecular weight is 310 g/mol. The van der Waals surface area contributed by atoms with Crippen LogP contribution in [-0.4, -0.2) is 35.2 Å². The van der Waals surface area contributed by atoms with E-state index in [1.807, 2.05) is 12.1 Å². The third kappa shape index (κ3) is 4.03. The lowest BCUT2D eigenvalue weighted by molar-refractivity contribution is -0.144. The molecule has 0 bridgehead atoms. The van der Waals surface area contributed by atoms with Gasteiger partial charge < -0.3 is 9.47 Å². The Morgan fingerprint density at radius 3 is 2.67 bits per heavy atom. The number of hydrogen-bond acceptors (Lipinski definition) is 5. The highest BCUT2D eigenvalue weighted by Crippen LogP contribution is 2.18. The van der Waals surface area contributed by atoms with Crippen LogP contribution in [0.2, 0.25) is 5.02 Å². The Kier molecular flexibility index (Phi) is 5.30. The summed E-state index contributed by atoms with van der Waals surface area (Å²) in [6, 6.07) is 6.72. The van der Waals surface area contributed by atoms with Crippen molar-refractivity contribution in [3.63, 3.8) is 0 Å². The molecule has 0 aliphatic rings. The highest BCUT2D eigenvalue weighted by molar-refractivity contribution is 6.30. The molecule has 21 heavy (non-hydrogen) atoms. The first kappa shape index (κ1) is 15.5. The Labute approximate surface area is 127 Å². The number of halogens is 1. The molecule has 2 aromatic rings. The average Bonchev–Trinajstić information content (AvgIpc) is 2.94. The van der Waals surface area contributed by atoms with Crippen LogP contribution in [0.3, 0.4) is 0 Å². The zero-order chi connectivity index (χ0) is 15.2. The molecule has 7 heteroatoms. The van der Waals surface area contributed by atoms with Gasteiger partial charge in [-0.1, -0.05) is 28.9 Å². The fraction of sp³-hybridized carbons (Fsp3) is 0.357. The van der Waals surface area contributed by atoms with Gasteiger partial charge in [0.25, 0.3) is 0 Å². The molecule has 0 aliphatic heterocycles. The minimum absolute atomic E-state index is 0.342. The Hall–Kier alpha value is -1.92. The first-order chi connectivity index (χ1) is 10.1. The fourth-order valence-corrected chi connectivity index (χ4v) is 2.07. The summed E-state index contributed by atoms with van der Waals surface area (Å²) in [5, 5.41) is 8.59. The van der Waals surface area contributed by atoms with Gasteiger partial charge in [-0.05, 0) is 17.7 Å². The van der Waals surface area contributed by atoms with Crippen LogP contribution in [0.25, 0.3) is 0 Å². The molecule has 6 nitrogen and oxygen atoms in total. The maximum Gasteiger partial charge on any atom is 0.331 e. The fourth-order valence-electron chi connectivity index (χ4n) is 1.94. The molecular formula is C14H16ClN3O3. The number of methoxy groups -OCH3 is 2. The molecule has 0 radical (unpaired) electrons. The molecule has 1 heterocycles. The van der Waals surface area contributed by atoms with E-state index in [-0.39, 0.29) is 5.97 Å². The van der Waals surface area contributed by atoms with E-state index in [1.54, 1.807) is 25.4 Å². The van der Waals surface area contributed by atoms with E-state index in [0.29, 0.717) is 23.7 Å². The number of hydrogen-bond donors (Lipinski definition) is 0. The largest absolute Gasteiger partial charge is 0.467 e. The van der Waals surface area contributed by atoms with Gasteiger partial charge in [0.15, 0.2) is 6.04 Å². The second-order valence-electron chi connectivity index (χ2n) is 4.49. The van der Waals surface area contributed by atoms with Gasteiger partial charge in [-0.2, -0.15) is 0 Å². The lowest BCUT2D eigenvalue weighted by atomic mass is 10.1. The Bertz CT molecular complexity index is 598. The highest BCUT2D eigenvalue weighted by Gasteiger charge is 2.23. The van der Waals surface area contributed by atoms with E-state index in [2.05, 4.69) is 10.3 Å². The van der Waals surface area contributed by atoms with Crippen LogP contribution in [0.1, 0.15) is 17.3 Å². The summed E-state index contributed by atoms with van der Waals surface area (Å²) in [5.41, 5.74) is 1.61. The number of carbonyl (C=O) groups excluding carboxylic acids is 1. The number of rotatable bonds is 6. The molecule has 1 aromatic carbocycles. The van der Waals surface area contributed by atoms with E-state index >= 15 is 0 Å². The maximum absolute atomic E-state index is 12.0. The van der Waals surface area contributed by atoms with E-state index in [0.717, 1.165) is 5.56 Å². The molecule has 0 amide bonds. The van der Waals surface area contributed by atoms with Crippen LogP contribution < -0.4 is 0 Å². The van der Waals surface area contributed by atoms with Gasteiger partial charge in [0.05, 0.1) is 19.9 Å². The molecule has 1 unspecified atom stereocenters. The van der Waals surface area contributed by atoms with Crippen molar-refractivity contribution in [2.24, 2.45) is 0 Å². The molecule has 0 saturated heterocycles. The summed E-state index contributed by atoms with van der Waals surface area (Å²) in [4.78, 5) is 12.0. The number of aromatic nitrogens is 3. The predicted molar refractivity (Wildman–Crippen MR) is 76.9 cm³/mol. The van der Waals surface area contributed by atoms with Gasteiger partial charge in [-0.3, -0.25) is 0 Å². The molecule has 2 rings (SSSR count). The summed E-state index contributed by atoms with van der Waals surface area (Å²) < 4.78 is 11.3. The summed E-state index contributed by atoms with van der Waals surface area (Å²) in [7, 11) is 2.93. The standard InChI is InChI=1S/C14H16ClN3O3/c1-20-9-12-8-18(17-16-12)13(14(19)21-2)7-10-3-5-11(15)6-4-10/h3-6,8,13H,7,9H2,1-2H3. The Balaban J connectivity index is 2.21. The topological polar surface area (TPSA) is 66.2 Å². The van der Waals surface area contributed by atoms with Crippen molar-refractivity contribution in [2.75, 3.05) is 14.2 Å². The number of esters is 1. The molecule has 0 saturated carbocycles. The van der Waals surface area contributed by atoms with Crippen molar-refractivity contribution in [3.05, 3.63) is 46.7 Å². The van der Waals surface area contributed by atoms with Crippen LogP contribution in [0, 0.1) is 0 Å². The van der Waals surface area contributed by atoms with Gasteiger partial charge in [0, 0.05) is 18.6 Å². The van der Waals surface area contributed by atoms with Crippen LogP contribution >= 0.6 is 11.6 Å². The van der Waals surface area contributed by atoms with E-state index < -0.39 is 6.04 Å². The monoisotopic (exact) mass is 309 g/mol. The van der Waals surface area contributed by atoms with E-state index in [1.165, 1.54) is 11.8 Å². The second-order valence-corrected chi connectivity index (χ2v) is 4.93. The number of nitrogens with zero attached hydrogens (tertiary/aromatic N) is 3. The predicted octanol–water partition coefficient (Wildman–Crippen LogP) is 2.03. The molecular weight excluding hydrogens is 294 g/mol. The molecule has 1 aromatic heterocycles. The normalized spacial score (nSPS) is 12.1. The Morgan fingerprint density at radius 1 is 1.33 bits per heavy atom. The lowest BCUT2D eigenvalue weighted by Crippen LogP contribution is -2.23. The van der Waals surface area contributed by atoms with Gasteiger partial charge >= 0.3 is 5.97 Å². The number of carbonyl (C=O) groups is 1. The zero-order valence-electron chi connectivity index (χ0n) is 11.8. The van der Waals surface area contributed by atoms with Gasteiger partial charge in [0.1, 0.15) is 5.69 Å². The third-order valence-electron chi connectivity index (χ3n) is 2.98. The SMILES string of the molecule is COCc1cn(C(Cc2ccc(Cl)cc2)C(=O)OC)nn1. The maximum atomic E-state index is 12.0. The molecule has 0 N–H and O–H groups in total. The highest BCUT2D eigenvalue weighted by atomic mass is 35.5. The van der Waals surface area contributed by atoms with Crippen molar-refractivity contribution >= 4 is 17.6 Å². The summed E-state index contributed by atoms with van der Waals surface area (Å²) in [5.74, 6) is -0.376. The molecule has 0 spiro atoms.